The number of ether oxygens (including phenoxy) is 1. The summed E-state index contributed by atoms with van der Waals surface area (Å²) in [5.41, 5.74) is 3.74. The molecule has 0 spiro atoms. The van der Waals surface area contributed by atoms with Gasteiger partial charge in [0.05, 0.1) is 0 Å². The van der Waals surface area contributed by atoms with Crippen LogP contribution in [0.1, 0.15) is 42.5 Å². The number of likely N-dealkylation sites (tertiary alicyclic amines) is 1. The molecule has 138 valence electrons. The maximum atomic E-state index is 13.9. The second-order valence-electron chi connectivity index (χ2n) is 7.29. The molecule has 26 heavy (non-hydrogen) atoms. The van der Waals surface area contributed by atoms with E-state index in [4.69, 9.17) is 4.74 Å². The fraction of sp³-hybridized carbons (Fsp3) is 0.409. The third-order valence-electron chi connectivity index (χ3n) is 4.83. The first kappa shape index (κ1) is 18.6. The number of aryl methyl sites for hydroxylation is 1. The maximum Gasteiger partial charge on any atom is 0.213 e. The highest BCUT2D eigenvalue weighted by Gasteiger charge is 2.21. The number of halogens is 1. The number of rotatable bonds is 6. The molecule has 1 saturated heterocycles. The Kier molecular flexibility index (Phi) is 6.04. The summed E-state index contributed by atoms with van der Waals surface area (Å²) in [5.74, 6) is 0.786. The molecule has 1 aromatic carbocycles. The van der Waals surface area contributed by atoms with Crippen molar-refractivity contribution >= 4 is 0 Å². The second-order valence-corrected chi connectivity index (χ2v) is 7.29. The van der Waals surface area contributed by atoms with E-state index in [9.17, 15) is 4.39 Å². The van der Waals surface area contributed by atoms with Crippen LogP contribution >= 0.6 is 0 Å². The Bertz CT molecular complexity index is 766. The van der Waals surface area contributed by atoms with Crippen molar-refractivity contribution < 1.29 is 9.13 Å². The summed E-state index contributed by atoms with van der Waals surface area (Å²) in [5, 5.41) is 0. The molecule has 0 N–H and O–H groups in total. The molecule has 4 heteroatoms. The van der Waals surface area contributed by atoms with E-state index in [1.54, 1.807) is 6.07 Å². The first-order chi connectivity index (χ1) is 12.5. The molecule has 0 unspecified atom stereocenters. The summed E-state index contributed by atoms with van der Waals surface area (Å²) in [6.45, 7) is 11.3. The lowest BCUT2D eigenvalue weighted by Crippen LogP contribution is -2.34. The first-order valence-electron chi connectivity index (χ1n) is 9.23. The molecular weight excluding hydrogens is 327 g/mol. The quantitative estimate of drug-likeness (QED) is 0.693. The number of nitrogens with zero attached hydrogens (tertiary/aromatic N) is 2. The minimum Gasteiger partial charge on any atom is -0.473 e. The van der Waals surface area contributed by atoms with Crippen molar-refractivity contribution in [1.82, 2.24) is 9.88 Å². The number of aromatic nitrogens is 1. The Morgan fingerprint density at radius 2 is 2.04 bits per heavy atom. The monoisotopic (exact) mass is 354 g/mol. The molecular formula is C22H27FN2O. The summed E-state index contributed by atoms with van der Waals surface area (Å²) in [7, 11) is 0. The fourth-order valence-corrected chi connectivity index (χ4v) is 3.43. The van der Waals surface area contributed by atoms with Gasteiger partial charge in [0, 0.05) is 29.8 Å². The molecule has 1 aliphatic heterocycles. The van der Waals surface area contributed by atoms with Gasteiger partial charge in [-0.3, -0.25) is 4.90 Å². The number of hydrogen-bond donors (Lipinski definition) is 0. The van der Waals surface area contributed by atoms with E-state index in [0.29, 0.717) is 17.4 Å². The summed E-state index contributed by atoms with van der Waals surface area (Å²) < 4.78 is 19.7. The van der Waals surface area contributed by atoms with Crippen molar-refractivity contribution in [2.24, 2.45) is 0 Å². The van der Waals surface area contributed by atoms with Crippen molar-refractivity contribution in [3.8, 4) is 5.88 Å². The van der Waals surface area contributed by atoms with Crippen LogP contribution in [0.2, 0.25) is 0 Å². The van der Waals surface area contributed by atoms with E-state index in [1.165, 1.54) is 11.6 Å². The molecule has 2 aromatic rings. The van der Waals surface area contributed by atoms with Gasteiger partial charge in [0.1, 0.15) is 12.4 Å². The standard InChI is InChI=1S/C22H27FN2O/c1-16(2)14-25-11-9-18(10-12-25)21-5-4-6-22(24-21)26-15-19-8-7-17(3)13-20(19)23/h4-8,13,18H,1,9-12,14-15H2,2-3H3. The summed E-state index contributed by atoms with van der Waals surface area (Å²) in [4.78, 5) is 7.11. The van der Waals surface area contributed by atoms with E-state index in [0.717, 1.165) is 43.7 Å². The average molecular weight is 354 g/mol. The van der Waals surface area contributed by atoms with Crippen LogP contribution in [-0.2, 0) is 6.61 Å². The molecule has 0 atom stereocenters. The first-order valence-corrected chi connectivity index (χ1v) is 9.23. The Labute approximate surface area is 155 Å². The number of hydrogen-bond acceptors (Lipinski definition) is 3. The number of benzene rings is 1. The lowest BCUT2D eigenvalue weighted by atomic mass is 9.93. The van der Waals surface area contributed by atoms with E-state index < -0.39 is 0 Å². The van der Waals surface area contributed by atoms with Gasteiger partial charge in [-0.15, -0.1) is 0 Å². The molecule has 3 nitrogen and oxygen atoms in total. The van der Waals surface area contributed by atoms with Crippen LogP contribution in [0.15, 0.2) is 48.6 Å². The Hall–Kier alpha value is -2.20. The predicted molar refractivity (Wildman–Crippen MR) is 103 cm³/mol. The zero-order valence-corrected chi connectivity index (χ0v) is 15.7. The van der Waals surface area contributed by atoms with Crippen LogP contribution in [0.25, 0.3) is 0 Å². The molecule has 1 aromatic heterocycles. The van der Waals surface area contributed by atoms with Crippen molar-refractivity contribution in [2.75, 3.05) is 19.6 Å². The molecule has 1 fully saturated rings. The highest BCUT2D eigenvalue weighted by Crippen LogP contribution is 2.28. The Balaban J connectivity index is 1.59. The Morgan fingerprint density at radius 3 is 2.73 bits per heavy atom. The summed E-state index contributed by atoms with van der Waals surface area (Å²) in [6.07, 6.45) is 2.19. The van der Waals surface area contributed by atoms with Crippen LogP contribution < -0.4 is 4.74 Å². The molecule has 2 heterocycles. The van der Waals surface area contributed by atoms with Gasteiger partial charge in [-0.05, 0) is 57.5 Å². The van der Waals surface area contributed by atoms with Gasteiger partial charge in [-0.1, -0.05) is 30.4 Å². The van der Waals surface area contributed by atoms with Gasteiger partial charge in [0.25, 0.3) is 0 Å². The minimum atomic E-state index is -0.231. The predicted octanol–water partition coefficient (Wildman–Crippen LogP) is 4.86. The van der Waals surface area contributed by atoms with E-state index in [1.807, 2.05) is 25.1 Å². The van der Waals surface area contributed by atoms with Crippen LogP contribution in [0.4, 0.5) is 4.39 Å². The fourth-order valence-electron chi connectivity index (χ4n) is 3.43. The smallest absolute Gasteiger partial charge is 0.213 e. The van der Waals surface area contributed by atoms with Gasteiger partial charge >= 0.3 is 0 Å². The van der Waals surface area contributed by atoms with Gasteiger partial charge in [-0.2, -0.15) is 0 Å². The topological polar surface area (TPSA) is 25.4 Å². The van der Waals surface area contributed by atoms with Gasteiger partial charge < -0.3 is 4.74 Å². The van der Waals surface area contributed by atoms with Gasteiger partial charge in [-0.25, -0.2) is 9.37 Å². The summed E-state index contributed by atoms with van der Waals surface area (Å²) in [6, 6.07) is 11.1. The van der Waals surface area contributed by atoms with Crippen LogP contribution in [0, 0.1) is 12.7 Å². The van der Waals surface area contributed by atoms with Crippen LogP contribution in [0.5, 0.6) is 5.88 Å². The van der Waals surface area contributed by atoms with Crippen molar-refractivity contribution in [2.45, 2.75) is 39.2 Å². The molecule has 1 aliphatic rings. The van der Waals surface area contributed by atoms with Crippen LogP contribution in [-0.4, -0.2) is 29.5 Å². The molecule has 3 rings (SSSR count). The highest BCUT2D eigenvalue weighted by atomic mass is 19.1. The third kappa shape index (κ3) is 4.92. The van der Waals surface area contributed by atoms with Crippen LogP contribution in [0.3, 0.4) is 0 Å². The molecule has 0 amide bonds. The van der Waals surface area contributed by atoms with E-state index >= 15 is 0 Å². The lowest BCUT2D eigenvalue weighted by Gasteiger charge is -2.31. The molecule has 0 bridgehead atoms. The van der Waals surface area contributed by atoms with Gasteiger partial charge in [0.2, 0.25) is 5.88 Å². The Morgan fingerprint density at radius 1 is 1.27 bits per heavy atom. The minimum absolute atomic E-state index is 0.194. The number of pyridine rings is 1. The van der Waals surface area contributed by atoms with Gasteiger partial charge in [0.15, 0.2) is 0 Å². The third-order valence-corrected chi connectivity index (χ3v) is 4.83. The summed E-state index contributed by atoms with van der Waals surface area (Å²) >= 11 is 0. The normalized spacial score (nSPS) is 15.8. The number of piperidine rings is 1. The zero-order chi connectivity index (χ0) is 18.5. The SMILES string of the molecule is C=C(C)CN1CCC(c2cccc(OCc3ccc(C)cc3F)n2)CC1. The second kappa shape index (κ2) is 8.45. The highest BCUT2D eigenvalue weighted by molar-refractivity contribution is 5.24. The maximum absolute atomic E-state index is 13.9. The van der Waals surface area contributed by atoms with Crippen molar-refractivity contribution in [3.05, 3.63) is 71.2 Å². The van der Waals surface area contributed by atoms with Crippen molar-refractivity contribution in [1.29, 1.82) is 0 Å². The molecule has 0 saturated carbocycles. The lowest BCUT2D eigenvalue weighted by molar-refractivity contribution is 0.225. The zero-order valence-electron chi connectivity index (χ0n) is 15.7. The van der Waals surface area contributed by atoms with Crippen molar-refractivity contribution in [3.63, 3.8) is 0 Å². The molecule has 0 aliphatic carbocycles. The van der Waals surface area contributed by atoms with E-state index in [2.05, 4.69) is 29.5 Å². The molecule has 0 radical (unpaired) electrons. The van der Waals surface area contributed by atoms with E-state index in [-0.39, 0.29) is 12.4 Å². The largest absolute Gasteiger partial charge is 0.473 e. The average Bonchev–Trinajstić information content (AvgIpc) is 2.61.